The molecule has 0 aromatic heterocycles. The second kappa shape index (κ2) is 9.63. The number of nitrogens with one attached hydrogen (secondary N) is 3. The summed E-state index contributed by atoms with van der Waals surface area (Å²) in [6.07, 6.45) is 0.481. The van der Waals surface area contributed by atoms with E-state index in [4.69, 9.17) is 12.2 Å². The number of hydrogen-bond donors (Lipinski definition) is 3. The topological polar surface area (TPSA) is 70.2 Å². The molecule has 2 aromatic carbocycles. The van der Waals surface area contributed by atoms with Crippen molar-refractivity contribution in [1.82, 2.24) is 5.32 Å². The summed E-state index contributed by atoms with van der Waals surface area (Å²) < 4.78 is 0.854. The van der Waals surface area contributed by atoms with Crippen LogP contribution in [0.5, 0.6) is 0 Å². The molecule has 0 saturated heterocycles. The lowest BCUT2D eigenvalue weighted by molar-refractivity contribution is -0.116. The number of thiocarbonyl (C=S) groups is 1. The first-order valence-electron chi connectivity index (χ1n) is 8.12. The highest BCUT2D eigenvalue weighted by atomic mass is 127. The first kappa shape index (κ1) is 20.3. The predicted molar refractivity (Wildman–Crippen MR) is 117 cm³/mol. The Bertz CT molecular complexity index is 807. The van der Waals surface area contributed by atoms with Gasteiger partial charge in [0.05, 0.1) is 5.56 Å². The first-order chi connectivity index (χ1) is 12.3. The molecule has 0 fully saturated rings. The molecule has 3 N–H and O–H groups in total. The molecule has 0 unspecified atom stereocenters. The summed E-state index contributed by atoms with van der Waals surface area (Å²) in [4.78, 5) is 24.0. The Kier molecular flexibility index (Phi) is 7.52. The number of carbonyl (C=O) groups is 2. The van der Waals surface area contributed by atoms with Crippen LogP contribution in [0.2, 0.25) is 0 Å². The maximum absolute atomic E-state index is 12.2. The predicted octanol–water partition coefficient (Wildman–Crippen LogP) is 4.40. The zero-order valence-corrected chi connectivity index (χ0v) is 17.5. The molecular formula is C19H20IN3O2S. The smallest absolute Gasteiger partial charge is 0.258 e. The summed E-state index contributed by atoms with van der Waals surface area (Å²) in [6.45, 7) is 4.00. The van der Waals surface area contributed by atoms with E-state index in [-0.39, 0.29) is 16.9 Å². The molecule has 0 heterocycles. The van der Waals surface area contributed by atoms with Crippen LogP contribution in [-0.2, 0) is 4.79 Å². The molecule has 0 bridgehead atoms. The van der Waals surface area contributed by atoms with Gasteiger partial charge in [0.2, 0.25) is 5.91 Å². The van der Waals surface area contributed by atoms with Gasteiger partial charge >= 0.3 is 0 Å². The van der Waals surface area contributed by atoms with Gasteiger partial charge in [-0.1, -0.05) is 26.0 Å². The quantitative estimate of drug-likeness (QED) is 0.438. The Hall–Kier alpha value is -2.00. The lowest BCUT2D eigenvalue weighted by Gasteiger charge is -2.11. The third kappa shape index (κ3) is 6.38. The SMILES string of the molecule is CC(C)CC(=O)Nc1ccc(NC(=S)NC(=O)c2ccccc2I)cc1. The Labute approximate surface area is 172 Å². The lowest BCUT2D eigenvalue weighted by atomic mass is 10.1. The van der Waals surface area contributed by atoms with Crippen molar-refractivity contribution >= 4 is 63.1 Å². The summed E-state index contributed by atoms with van der Waals surface area (Å²) in [5.41, 5.74) is 2.01. The van der Waals surface area contributed by atoms with Gasteiger partial charge in [-0.05, 0) is 77.1 Å². The van der Waals surface area contributed by atoms with Crippen molar-refractivity contribution in [2.24, 2.45) is 5.92 Å². The zero-order valence-electron chi connectivity index (χ0n) is 14.5. The number of anilines is 2. The Morgan fingerprint density at radius 3 is 2.15 bits per heavy atom. The molecule has 5 nitrogen and oxygen atoms in total. The fourth-order valence-electron chi connectivity index (χ4n) is 2.20. The van der Waals surface area contributed by atoms with Gasteiger partial charge in [0.1, 0.15) is 0 Å². The van der Waals surface area contributed by atoms with Gasteiger partial charge in [-0.25, -0.2) is 0 Å². The van der Waals surface area contributed by atoms with E-state index < -0.39 is 0 Å². The van der Waals surface area contributed by atoms with E-state index in [1.807, 2.05) is 26.0 Å². The molecule has 26 heavy (non-hydrogen) atoms. The summed E-state index contributed by atoms with van der Waals surface area (Å²) >= 11 is 7.30. The summed E-state index contributed by atoms with van der Waals surface area (Å²) in [5, 5.41) is 8.68. The van der Waals surface area contributed by atoms with Crippen LogP contribution in [0.4, 0.5) is 11.4 Å². The van der Waals surface area contributed by atoms with Crippen molar-refractivity contribution < 1.29 is 9.59 Å². The van der Waals surface area contributed by atoms with Gasteiger partial charge in [-0.2, -0.15) is 0 Å². The van der Waals surface area contributed by atoms with Crippen LogP contribution >= 0.6 is 34.8 Å². The molecule has 2 rings (SSSR count). The monoisotopic (exact) mass is 481 g/mol. The molecule has 2 aromatic rings. The van der Waals surface area contributed by atoms with Crippen LogP contribution in [-0.4, -0.2) is 16.9 Å². The molecule has 0 aliphatic carbocycles. The molecule has 0 aliphatic rings. The third-order valence-electron chi connectivity index (χ3n) is 3.37. The highest BCUT2D eigenvalue weighted by Gasteiger charge is 2.11. The van der Waals surface area contributed by atoms with E-state index in [1.54, 1.807) is 36.4 Å². The number of rotatable bonds is 5. The number of amides is 2. The minimum absolute atomic E-state index is 0.0130. The standard InChI is InChI=1S/C19H20IN3O2S/c1-12(2)11-17(24)21-13-7-9-14(10-8-13)22-19(26)23-18(25)15-5-3-4-6-16(15)20/h3-10,12H,11H2,1-2H3,(H,21,24)(H2,22,23,25,26). The van der Waals surface area contributed by atoms with E-state index in [9.17, 15) is 9.59 Å². The Morgan fingerprint density at radius 1 is 1.00 bits per heavy atom. The number of hydrogen-bond acceptors (Lipinski definition) is 3. The summed E-state index contributed by atoms with van der Waals surface area (Å²) in [5.74, 6) is 0.0376. The molecular weight excluding hydrogens is 461 g/mol. The maximum atomic E-state index is 12.2. The fourth-order valence-corrected chi connectivity index (χ4v) is 3.04. The van der Waals surface area contributed by atoms with E-state index >= 15 is 0 Å². The Morgan fingerprint density at radius 2 is 1.58 bits per heavy atom. The molecule has 0 aliphatic heterocycles. The minimum atomic E-state index is -0.259. The largest absolute Gasteiger partial charge is 0.332 e. The van der Waals surface area contributed by atoms with Crippen molar-refractivity contribution in [2.75, 3.05) is 10.6 Å². The highest BCUT2D eigenvalue weighted by Crippen LogP contribution is 2.15. The average molecular weight is 481 g/mol. The van der Waals surface area contributed by atoms with Gasteiger partial charge in [-0.3, -0.25) is 14.9 Å². The average Bonchev–Trinajstić information content (AvgIpc) is 2.56. The van der Waals surface area contributed by atoms with Gasteiger partial charge in [-0.15, -0.1) is 0 Å². The molecule has 7 heteroatoms. The van der Waals surface area contributed by atoms with Gasteiger partial charge in [0.15, 0.2) is 5.11 Å². The van der Waals surface area contributed by atoms with Crippen molar-refractivity contribution in [2.45, 2.75) is 20.3 Å². The normalized spacial score (nSPS) is 10.3. The van der Waals surface area contributed by atoms with Crippen LogP contribution < -0.4 is 16.0 Å². The van der Waals surface area contributed by atoms with Gasteiger partial charge < -0.3 is 10.6 Å². The third-order valence-corrected chi connectivity index (χ3v) is 4.51. The van der Waals surface area contributed by atoms with Crippen molar-refractivity contribution in [1.29, 1.82) is 0 Å². The molecule has 0 spiro atoms. The van der Waals surface area contributed by atoms with Gasteiger partial charge in [0.25, 0.3) is 5.91 Å². The number of carbonyl (C=O) groups excluding carboxylic acids is 2. The minimum Gasteiger partial charge on any atom is -0.332 e. The van der Waals surface area contributed by atoms with E-state index in [1.165, 1.54) is 0 Å². The summed E-state index contributed by atoms with van der Waals surface area (Å²) in [6, 6.07) is 14.4. The van der Waals surface area contributed by atoms with Crippen molar-refractivity contribution in [3.8, 4) is 0 Å². The summed E-state index contributed by atoms with van der Waals surface area (Å²) in [7, 11) is 0. The van der Waals surface area contributed by atoms with Crippen LogP contribution in [0.15, 0.2) is 48.5 Å². The zero-order chi connectivity index (χ0) is 19.1. The second-order valence-electron chi connectivity index (χ2n) is 6.11. The molecule has 0 radical (unpaired) electrons. The van der Waals surface area contributed by atoms with E-state index in [0.29, 0.717) is 17.9 Å². The fraction of sp³-hybridized carbons (Fsp3) is 0.211. The Balaban J connectivity index is 1.90. The number of halogens is 1. The van der Waals surface area contributed by atoms with Crippen LogP contribution in [0.25, 0.3) is 0 Å². The first-order valence-corrected chi connectivity index (χ1v) is 9.60. The lowest BCUT2D eigenvalue weighted by Crippen LogP contribution is -2.34. The van der Waals surface area contributed by atoms with E-state index in [0.717, 1.165) is 14.9 Å². The van der Waals surface area contributed by atoms with Crippen LogP contribution in [0, 0.1) is 9.49 Å². The molecule has 0 saturated carbocycles. The van der Waals surface area contributed by atoms with Crippen LogP contribution in [0.1, 0.15) is 30.6 Å². The van der Waals surface area contributed by atoms with Crippen molar-refractivity contribution in [3.63, 3.8) is 0 Å². The second-order valence-corrected chi connectivity index (χ2v) is 7.68. The molecule has 136 valence electrons. The molecule has 2 amide bonds. The van der Waals surface area contributed by atoms with Crippen molar-refractivity contribution in [3.05, 3.63) is 57.7 Å². The number of benzene rings is 2. The molecule has 0 atom stereocenters. The van der Waals surface area contributed by atoms with E-state index in [2.05, 4.69) is 38.5 Å². The van der Waals surface area contributed by atoms with Gasteiger partial charge in [0, 0.05) is 21.4 Å². The maximum Gasteiger partial charge on any atom is 0.258 e. The highest BCUT2D eigenvalue weighted by molar-refractivity contribution is 14.1. The van der Waals surface area contributed by atoms with Crippen LogP contribution in [0.3, 0.4) is 0 Å².